The number of benzene rings is 1. The first kappa shape index (κ1) is 19.4. The fourth-order valence-corrected chi connectivity index (χ4v) is 2.67. The summed E-state index contributed by atoms with van der Waals surface area (Å²) in [6.45, 7) is 5.33. The molecule has 25 heavy (non-hydrogen) atoms. The third kappa shape index (κ3) is 5.56. The molecule has 0 spiro atoms. The lowest BCUT2D eigenvalue weighted by Crippen LogP contribution is -2.24. The van der Waals surface area contributed by atoms with E-state index in [1.807, 2.05) is 0 Å². The Bertz CT molecular complexity index is 812. The van der Waals surface area contributed by atoms with E-state index in [0.29, 0.717) is 20.9 Å². The molecule has 1 amide bonds. The van der Waals surface area contributed by atoms with Crippen molar-refractivity contribution in [3.63, 3.8) is 0 Å². The smallest absolute Gasteiger partial charge is 0.273 e. The van der Waals surface area contributed by atoms with Gasteiger partial charge < -0.3 is 5.32 Å². The van der Waals surface area contributed by atoms with Crippen LogP contribution in [0.3, 0.4) is 0 Å². The average molecular weight is 398 g/mol. The van der Waals surface area contributed by atoms with Crippen LogP contribution in [-0.4, -0.2) is 16.7 Å². The van der Waals surface area contributed by atoms with Crippen molar-refractivity contribution in [1.82, 2.24) is 4.98 Å². The predicted octanol–water partition coefficient (Wildman–Crippen LogP) is 5.00. The first-order chi connectivity index (χ1) is 11.7. The van der Waals surface area contributed by atoms with Crippen LogP contribution in [0.15, 0.2) is 41.5 Å². The molecular formula is C17H17Cl2N3O2S. The number of nitrogens with one attached hydrogen (secondary N) is 2. The highest BCUT2D eigenvalue weighted by Crippen LogP contribution is 2.27. The summed E-state index contributed by atoms with van der Waals surface area (Å²) in [5.74, 6) is -0.687. The molecular weight excluding hydrogens is 381 g/mol. The molecule has 0 aliphatic carbocycles. The SMILES string of the molecule is CC(C)(C)C(=O)C=C(Nc1ccc(Cl)cc1Cl)C(=O)Nc1nccs1. The number of thiazole rings is 1. The summed E-state index contributed by atoms with van der Waals surface area (Å²) in [7, 11) is 0. The van der Waals surface area contributed by atoms with E-state index < -0.39 is 11.3 Å². The van der Waals surface area contributed by atoms with E-state index in [4.69, 9.17) is 23.2 Å². The van der Waals surface area contributed by atoms with Crippen LogP contribution in [0.4, 0.5) is 10.8 Å². The standard InChI is InChI=1S/C17H17Cl2N3O2S/c1-17(2,3)14(23)9-13(15(24)22-16-20-6-7-25-16)21-12-5-4-10(18)8-11(12)19/h4-9,21H,1-3H3,(H,20,22,24). The Labute approximate surface area is 160 Å². The van der Waals surface area contributed by atoms with Crippen LogP contribution in [-0.2, 0) is 9.59 Å². The Morgan fingerprint density at radius 3 is 2.48 bits per heavy atom. The molecule has 0 bridgehead atoms. The highest BCUT2D eigenvalue weighted by Gasteiger charge is 2.22. The van der Waals surface area contributed by atoms with Crippen molar-refractivity contribution in [2.24, 2.45) is 5.41 Å². The van der Waals surface area contributed by atoms with Gasteiger partial charge in [0.15, 0.2) is 10.9 Å². The van der Waals surface area contributed by atoms with Gasteiger partial charge in [-0.15, -0.1) is 11.3 Å². The number of halogens is 2. The average Bonchev–Trinajstić information content (AvgIpc) is 3.00. The number of anilines is 2. The van der Waals surface area contributed by atoms with E-state index >= 15 is 0 Å². The van der Waals surface area contributed by atoms with Crippen LogP contribution in [0.2, 0.25) is 10.0 Å². The monoisotopic (exact) mass is 397 g/mol. The molecule has 132 valence electrons. The third-order valence-corrected chi connectivity index (χ3v) is 4.35. The van der Waals surface area contributed by atoms with Gasteiger partial charge >= 0.3 is 0 Å². The van der Waals surface area contributed by atoms with E-state index in [2.05, 4.69) is 15.6 Å². The van der Waals surface area contributed by atoms with Crippen LogP contribution >= 0.6 is 34.5 Å². The fraction of sp³-hybridized carbons (Fsp3) is 0.235. The van der Waals surface area contributed by atoms with E-state index in [0.717, 1.165) is 0 Å². The number of hydrogen-bond acceptors (Lipinski definition) is 5. The number of allylic oxidation sites excluding steroid dienone is 1. The molecule has 0 fully saturated rings. The van der Waals surface area contributed by atoms with Gasteiger partial charge in [-0.25, -0.2) is 4.98 Å². The number of carbonyl (C=O) groups is 2. The molecule has 0 aliphatic rings. The van der Waals surface area contributed by atoms with Crippen molar-refractivity contribution in [3.05, 3.63) is 51.6 Å². The van der Waals surface area contributed by atoms with E-state index in [-0.39, 0.29) is 11.5 Å². The van der Waals surface area contributed by atoms with Crippen molar-refractivity contribution < 1.29 is 9.59 Å². The van der Waals surface area contributed by atoms with Crippen molar-refractivity contribution in [1.29, 1.82) is 0 Å². The molecule has 1 heterocycles. The molecule has 2 aromatic rings. The molecule has 8 heteroatoms. The maximum Gasteiger partial charge on any atom is 0.273 e. The lowest BCUT2D eigenvalue weighted by molar-refractivity contribution is -0.122. The summed E-state index contributed by atoms with van der Waals surface area (Å²) in [4.78, 5) is 28.9. The van der Waals surface area contributed by atoms with Crippen LogP contribution in [0.1, 0.15) is 20.8 Å². The predicted molar refractivity (Wildman–Crippen MR) is 103 cm³/mol. The highest BCUT2D eigenvalue weighted by atomic mass is 35.5. The maximum absolute atomic E-state index is 12.6. The number of hydrogen-bond donors (Lipinski definition) is 2. The Morgan fingerprint density at radius 1 is 1.20 bits per heavy atom. The number of carbonyl (C=O) groups excluding carboxylic acids is 2. The van der Waals surface area contributed by atoms with Gasteiger partial charge in [0.1, 0.15) is 5.70 Å². The minimum absolute atomic E-state index is 0.0688. The van der Waals surface area contributed by atoms with Crippen LogP contribution < -0.4 is 10.6 Å². The molecule has 0 aliphatic heterocycles. The largest absolute Gasteiger partial charge is 0.350 e. The molecule has 5 nitrogen and oxygen atoms in total. The summed E-state index contributed by atoms with van der Waals surface area (Å²) < 4.78 is 0. The van der Waals surface area contributed by atoms with Gasteiger partial charge in [0.25, 0.3) is 5.91 Å². The second kappa shape index (κ2) is 7.99. The van der Waals surface area contributed by atoms with Gasteiger partial charge in [-0.2, -0.15) is 0 Å². The number of ketones is 1. The first-order valence-corrected chi connectivity index (χ1v) is 8.99. The van der Waals surface area contributed by atoms with Crippen molar-refractivity contribution in [2.45, 2.75) is 20.8 Å². The zero-order chi connectivity index (χ0) is 18.6. The van der Waals surface area contributed by atoms with E-state index in [9.17, 15) is 9.59 Å². The minimum Gasteiger partial charge on any atom is -0.350 e. The molecule has 0 atom stereocenters. The summed E-state index contributed by atoms with van der Waals surface area (Å²) >= 11 is 13.3. The number of nitrogens with zero attached hydrogens (tertiary/aromatic N) is 1. The molecule has 0 saturated carbocycles. The first-order valence-electron chi connectivity index (χ1n) is 7.36. The Kier molecular flexibility index (Phi) is 6.21. The normalized spacial score (nSPS) is 12.0. The summed E-state index contributed by atoms with van der Waals surface area (Å²) in [5.41, 5.74) is -0.0919. The van der Waals surface area contributed by atoms with Crippen molar-refractivity contribution >= 4 is 57.0 Å². The molecule has 0 unspecified atom stereocenters. The maximum atomic E-state index is 12.6. The van der Waals surface area contributed by atoms with E-state index in [1.165, 1.54) is 17.4 Å². The van der Waals surface area contributed by atoms with Crippen LogP contribution in [0.5, 0.6) is 0 Å². The Hall–Kier alpha value is -1.89. The summed E-state index contributed by atoms with van der Waals surface area (Å²) in [6.07, 6.45) is 2.85. The van der Waals surface area contributed by atoms with Crippen molar-refractivity contribution in [3.8, 4) is 0 Å². The summed E-state index contributed by atoms with van der Waals surface area (Å²) in [6, 6.07) is 4.82. The zero-order valence-corrected chi connectivity index (χ0v) is 16.2. The van der Waals surface area contributed by atoms with Gasteiger partial charge in [-0.05, 0) is 18.2 Å². The van der Waals surface area contributed by atoms with Crippen LogP contribution in [0.25, 0.3) is 0 Å². The number of amides is 1. The lowest BCUT2D eigenvalue weighted by atomic mass is 9.90. The third-order valence-electron chi connectivity index (χ3n) is 3.11. The minimum atomic E-state index is -0.627. The summed E-state index contributed by atoms with van der Waals surface area (Å²) in [5, 5.41) is 8.53. The van der Waals surface area contributed by atoms with Gasteiger partial charge in [-0.1, -0.05) is 44.0 Å². The molecule has 1 aromatic carbocycles. The Morgan fingerprint density at radius 2 is 1.92 bits per heavy atom. The van der Waals surface area contributed by atoms with Crippen molar-refractivity contribution in [2.75, 3.05) is 10.6 Å². The second-order valence-electron chi connectivity index (χ2n) is 6.21. The molecule has 0 saturated heterocycles. The molecule has 1 aromatic heterocycles. The van der Waals surface area contributed by atoms with Gasteiger partial charge in [0, 0.05) is 28.1 Å². The second-order valence-corrected chi connectivity index (χ2v) is 7.95. The molecule has 2 rings (SSSR count). The number of aromatic nitrogens is 1. The quantitative estimate of drug-likeness (QED) is 0.696. The van der Waals surface area contributed by atoms with E-state index in [1.54, 1.807) is 50.5 Å². The van der Waals surface area contributed by atoms with Gasteiger partial charge in [-0.3, -0.25) is 14.9 Å². The number of rotatable bonds is 5. The molecule has 2 N–H and O–H groups in total. The molecule has 0 radical (unpaired) electrons. The van der Waals surface area contributed by atoms with Crippen LogP contribution in [0, 0.1) is 5.41 Å². The lowest BCUT2D eigenvalue weighted by Gasteiger charge is -2.16. The van der Waals surface area contributed by atoms with Gasteiger partial charge in [0.2, 0.25) is 0 Å². The highest BCUT2D eigenvalue weighted by molar-refractivity contribution is 7.13. The fourth-order valence-electron chi connectivity index (χ4n) is 1.69. The van der Waals surface area contributed by atoms with Gasteiger partial charge in [0.05, 0.1) is 10.7 Å². The topological polar surface area (TPSA) is 71.1 Å². The Balaban J connectivity index is 2.32. The zero-order valence-electron chi connectivity index (χ0n) is 13.9.